The predicted octanol–water partition coefficient (Wildman–Crippen LogP) is 4.40. The minimum atomic E-state index is -4.87. The molecule has 5 nitrogen and oxygen atoms in total. The van der Waals surface area contributed by atoms with Crippen LogP contribution in [0.4, 0.5) is 36.4 Å². The van der Waals surface area contributed by atoms with Crippen LogP contribution in [0.3, 0.4) is 0 Å². The summed E-state index contributed by atoms with van der Waals surface area (Å²) in [6, 6.07) is 1.61. The second kappa shape index (κ2) is 7.46. The number of anilines is 1. The molecule has 0 radical (unpaired) electrons. The fraction of sp³-hybridized carbons (Fsp3) is 0.231. The van der Waals surface area contributed by atoms with E-state index in [1.807, 2.05) is 0 Å². The van der Waals surface area contributed by atoms with Gasteiger partial charge in [-0.15, -0.1) is 0 Å². The number of nitrogens with zero attached hydrogens (tertiary/aromatic N) is 2. The summed E-state index contributed by atoms with van der Waals surface area (Å²) in [6.45, 7) is 0. The molecule has 14 heteroatoms. The maximum absolute atomic E-state index is 13.0. The molecule has 0 saturated heterocycles. The van der Waals surface area contributed by atoms with Gasteiger partial charge in [0.1, 0.15) is 12.1 Å². The predicted molar refractivity (Wildman–Crippen MR) is 84.0 cm³/mol. The van der Waals surface area contributed by atoms with Gasteiger partial charge in [0.2, 0.25) is 0 Å². The van der Waals surface area contributed by atoms with E-state index >= 15 is 0 Å². The van der Waals surface area contributed by atoms with Crippen molar-refractivity contribution < 1.29 is 35.5 Å². The average Bonchev–Trinajstić information content (AvgIpc) is 2.53. The number of aromatic nitrogens is 2. The highest BCUT2D eigenvalue weighted by atomic mass is 35.5. The van der Waals surface area contributed by atoms with Crippen molar-refractivity contribution in [3.8, 4) is 11.4 Å². The summed E-state index contributed by atoms with van der Waals surface area (Å²) in [5, 5.41) is -0.488. The Morgan fingerprint density at radius 1 is 1.19 bits per heavy atom. The van der Waals surface area contributed by atoms with Gasteiger partial charge in [-0.3, -0.25) is 9.36 Å². The lowest BCUT2D eigenvalue weighted by Gasteiger charge is -2.19. The molecule has 2 rings (SSSR count). The monoisotopic (exact) mass is 437 g/mol. The number of hydrogen-bond acceptors (Lipinski definition) is 5. The Bertz CT molecular complexity index is 904. The van der Waals surface area contributed by atoms with Crippen LogP contribution in [0.5, 0.6) is 5.75 Å². The number of ether oxygens (including phenoxy) is 1. The number of nitrogens with one attached hydrogen (secondary N) is 1. The van der Waals surface area contributed by atoms with Crippen molar-refractivity contribution in [2.24, 2.45) is 0 Å². The van der Waals surface area contributed by atoms with Crippen LogP contribution in [0.1, 0.15) is 5.69 Å². The fourth-order valence-electron chi connectivity index (χ4n) is 1.89. The smallest absolute Gasteiger partial charge is 0.428 e. The number of halogens is 8. The summed E-state index contributed by atoms with van der Waals surface area (Å²) in [5.41, 5.74) is -3.27. The van der Waals surface area contributed by atoms with Crippen LogP contribution < -0.4 is 15.0 Å². The van der Waals surface area contributed by atoms with E-state index in [0.717, 1.165) is 6.07 Å². The average molecular weight is 438 g/mol. The van der Waals surface area contributed by atoms with E-state index in [1.165, 1.54) is 0 Å². The van der Waals surface area contributed by atoms with Gasteiger partial charge in [0.05, 0.1) is 16.4 Å². The number of rotatable bonds is 5. The Morgan fingerprint density at radius 3 is 2.30 bits per heavy atom. The lowest BCUT2D eigenvalue weighted by molar-refractivity contribution is -0.253. The minimum Gasteiger partial charge on any atom is -0.428 e. The maximum atomic E-state index is 13.0. The van der Waals surface area contributed by atoms with E-state index in [4.69, 9.17) is 11.6 Å². The second-order valence-electron chi connectivity index (χ2n) is 4.86. The Morgan fingerprint density at radius 2 is 1.81 bits per heavy atom. The zero-order valence-electron chi connectivity index (χ0n) is 12.6. The van der Waals surface area contributed by atoms with E-state index < -0.39 is 40.7 Å². The van der Waals surface area contributed by atoms with Gasteiger partial charge in [-0.2, -0.15) is 30.7 Å². The number of alkyl halides is 7. The van der Waals surface area contributed by atoms with Gasteiger partial charge in [0, 0.05) is 18.2 Å². The van der Waals surface area contributed by atoms with Crippen molar-refractivity contribution in [2.45, 2.75) is 18.7 Å². The molecular formula is C13H7ClF7N3O2S. The molecule has 1 aromatic carbocycles. The molecule has 0 amide bonds. The van der Waals surface area contributed by atoms with Crippen molar-refractivity contribution in [1.82, 2.24) is 9.55 Å². The maximum Gasteiger partial charge on any atom is 0.461 e. The van der Waals surface area contributed by atoms with Crippen molar-refractivity contribution in [3.63, 3.8) is 0 Å². The van der Waals surface area contributed by atoms with Crippen LogP contribution in [0.2, 0.25) is 5.02 Å². The molecule has 0 unspecified atom stereocenters. The van der Waals surface area contributed by atoms with Crippen LogP contribution in [0.15, 0.2) is 29.3 Å². The molecule has 148 valence electrons. The van der Waals surface area contributed by atoms with Crippen LogP contribution in [0.25, 0.3) is 5.69 Å². The Kier molecular flexibility index (Phi) is 5.85. The van der Waals surface area contributed by atoms with E-state index in [9.17, 15) is 35.5 Å². The van der Waals surface area contributed by atoms with Crippen LogP contribution in [0, 0.1) is 0 Å². The molecule has 0 aliphatic heterocycles. The van der Waals surface area contributed by atoms with Crippen molar-refractivity contribution in [2.75, 3.05) is 4.72 Å². The highest BCUT2D eigenvalue weighted by Crippen LogP contribution is 2.36. The molecule has 27 heavy (non-hydrogen) atoms. The third kappa shape index (κ3) is 4.58. The molecule has 1 aromatic heterocycles. The minimum absolute atomic E-state index is 0.188. The van der Waals surface area contributed by atoms with Crippen LogP contribution in [-0.2, 0) is 6.18 Å². The van der Waals surface area contributed by atoms with Gasteiger partial charge < -0.3 is 9.46 Å². The van der Waals surface area contributed by atoms with E-state index in [2.05, 4.69) is 27.3 Å². The lowest BCUT2D eigenvalue weighted by atomic mass is 10.2. The van der Waals surface area contributed by atoms with Gasteiger partial charge in [0.15, 0.2) is 5.69 Å². The molecule has 0 saturated carbocycles. The first-order valence-corrected chi connectivity index (χ1v) is 7.44. The highest BCUT2D eigenvalue weighted by molar-refractivity contribution is 7.81. The van der Waals surface area contributed by atoms with Gasteiger partial charge in [-0.25, -0.2) is 4.98 Å². The molecule has 1 heterocycles. The first-order valence-electron chi connectivity index (χ1n) is 6.61. The summed E-state index contributed by atoms with van der Waals surface area (Å²) in [7, 11) is 0. The Hall–Kier alpha value is -2.15. The van der Waals surface area contributed by atoms with Crippen molar-refractivity contribution in [3.05, 3.63) is 45.6 Å². The zero-order chi connectivity index (χ0) is 20.6. The third-order valence-electron chi connectivity index (χ3n) is 3.01. The van der Waals surface area contributed by atoms with Gasteiger partial charge in [0.25, 0.3) is 5.56 Å². The summed E-state index contributed by atoms with van der Waals surface area (Å²) in [5.74, 6) is -0.807. The summed E-state index contributed by atoms with van der Waals surface area (Å²) < 4.78 is 94.9. The normalized spacial score (nSPS) is 12.4. The summed E-state index contributed by atoms with van der Waals surface area (Å²) >= 11 is 9.52. The number of thiol groups is 1. The number of benzene rings is 1. The van der Waals surface area contributed by atoms with Crippen LogP contribution in [-0.4, -0.2) is 22.1 Å². The first kappa shape index (κ1) is 21.2. The molecule has 2 aromatic rings. The van der Waals surface area contributed by atoms with Crippen molar-refractivity contribution in [1.29, 1.82) is 0 Å². The standard InChI is InChI=1S/C13H7ClF7N3O2S/c14-6-1-5(26-13(20,21)11(15)16)2-7(23-27)10(6)24-4-22-8(3-9(24)25)12(17,18)19/h1-4,11,23,27H. The van der Waals surface area contributed by atoms with Gasteiger partial charge in [-0.05, 0) is 0 Å². The molecule has 0 spiro atoms. The SMILES string of the molecule is O=c1cc(C(F)(F)F)ncn1-c1c(Cl)cc(OC(F)(F)C(F)F)cc1NS. The molecule has 0 aliphatic carbocycles. The summed E-state index contributed by atoms with van der Waals surface area (Å²) in [4.78, 5) is 15.1. The Labute approximate surface area is 156 Å². The van der Waals surface area contributed by atoms with E-state index in [1.54, 1.807) is 0 Å². The largest absolute Gasteiger partial charge is 0.461 e. The summed E-state index contributed by atoms with van der Waals surface area (Å²) in [6.07, 6.45) is -13.3. The van der Waals surface area contributed by atoms with Crippen molar-refractivity contribution >= 4 is 30.1 Å². The topological polar surface area (TPSA) is 56.2 Å². The van der Waals surface area contributed by atoms with Gasteiger partial charge in [-0.1, -0.05) is 24.4 Å². The Balaban J connectivity index is 2.55. The zero-order valence-corrected chi connectivity index (χ0v) is 14.2. The molecule has 1 N–H and O–H groups in total. The lowest BCUT2D eigenvalue weighted by Crippen LogP contribution is -2.33. The van der Waals surface area contributed by atoms with Gasteiger partial charge >= 0.3 is 18.7 Å². The first-order chi connectivity index (χ1) is 12.4. The van der Waals surface area contributed by atoms with E-state index in [0.29, 0.717) is 17.0 Å². The fourth-order valence-corrected chi connectivity index (χ4v) is 2.36. The van der Waals surface area contributed by atoms with E-state index in [-0.39, 0.29) is 17.4 Å². The highest BCUT2D eigenvalue weighted by Gasteiger charge is 2.44. The second-order valence-corrected chi connectivity index (χ2v) is 5.49. The third-order valence-corrected chi connectivity index (χ3v) is 3.54. The van der Waals surface area contributed by atoms with Crippen LogP contribution >= 0.6 is 24.4 Å². The number of hydrogen-bond donors (Lipinski definition) is 2. The quantitative estimate of drug-likeness (QED) is 0.538. The molecule has 0 bridgehead atoms. The molecule has 0 aliphatic rings. The molecule has 0 atom stereocenters. The molecular weight excluding hydrogens is 431 g/mol. The molecule has 0 fully saturated rings.